The Bertz CT molecular complexity index is 2000. The normalized spacial score (nSPS) is 18.6. The topological polar surface area (TPSA) is 129 Å². The van der Waals surface area contributed by atoms with Gasteiger partial charge < -0.3 is 19.4 Å². The van der Waals surface area contributed by atoms with E-state index in [-0.39, 0.29) is 24.3 Å². The fourth-order valence-electron chi connectivity index (χ4n) is 6.65. The van der Waals surface area contributed by atoms with Gasteiger partial charge in [-0.25, -0.2) is 19.6 Å². The molecule has 0 bridgehead atoms. The SMILES string of the molecule is CC(C)(C)OC(=O)N1CCC[C@H]1c1ncc(-c2cnc3cc(-c4ccc5nc([C@@H]6CCCN6C(=O)OC(C)(C)C)[nH]c5c4)ccc3c2)[nH]1. The van der Waals surface area contributed by atoms with Gasteiger partial charge in [-0.05, 0) is 103 Å². The Morgan fingerprint density at radius 1 is 0.708 bits per heavy atom. The number of rotatable bonds is 4. The summed E-state index contributed by atoms with van der Waals surface area (Å²) in [5.41, 5.74) is 5.44. The standard InChI is InChI=1S/C37H43N7O4/c1-36(2,3)47-34(45)43-15-7-9-30(43)32-39-21-29(42-32)25-17-24-12-11-22(18-27(24)38-20-25)23-13-14-26-28(19-23)41-33(40-26)31-10-8-16-44(31)35(46)48-37(4,5)6/h11-14,17-21,30-31H,7-10,15-16H2,1-6H3,(H,39,42)(H,40,41)/t30-,31-/m0/s1. The van der Waals surface area contributed by atoms with Crippen LogP contribution < -0.4 is 0 Å². The van der Waals surface area contributed by atoms with Gasteiger partial charge in [0.05, 0.1) is 40.5 Å². The number of carbonyl (C=O) groups excluding carboxylic acids is 2. The van der Waals surface area contributed by atoms with Crippen LogP contribution in [0.4, 0.5) is 9.59 Å². The van der Waals surface area contributed by atoms with E-state index in [0.29, 0.717) is 13.1 Å². The van der Waals surface area contributed by atoms with Crippen LogP contribution in [0.3, 0.4) is 0 Å². The van der Waals surface area contributed by atoms with Gasteiger partial charge in [-0.2, -0.15) is 0 Å². The Morgan fingerprint density at radius 3 is 2.00 bits per heavy atom. The number of ether oxygens (including phenoxy) is 2. The minimum Gasteiger partial charge on any atom is -0.444 e. The van der Waals surface area contributed by atoms with Crippen molar-refractivity contribution in [3.05, 3.63) is 66.5 Å². The molecule has 2 fully saturated rings. The van der Waals surface area contributed by atoms with E-state index in [0.717, 1.165) is 81.7 Å². The molecule has 0 saturated carbocycles. The van der Waals surface area contributed by atoms with Gasteiger partial charge in [-0.15, -0.1) is 0 Å². The monoisotopic (exact) mass is 649 g/mol. The van der Waals surface area contributed by atoms with Gasteiger partial charge in [0.1, 0.15) is 22.9 Å². The van der Waals surface area contributed by atoms with Gasteiger partial charge >= 0.3 is 12.2 Å². The minimum atomic E-state index is -0.549. The average molecular weight is 650 g/mol. The molecule has 2 aromatic carbocycles. The van der Waals surface area contributed by atoms with Crippen molar-refractivity contribution >= 4 is 34.1 Å². The molecule has 0 radical (unpaired) electrons. The number of carbonyl (C=O) groups is 2. The van der Waals surface area contributed by atoms with E-state index in [1.54, 1.807) is 9.80 Å². The highest BCUT2D eigenvalue weighted by molar-refractivity contribution is 5.89. The third-order valence-electron chi connectivity index (χ3n) is 8.82. The van der Waals surface area contributed by atoms with Crippen molar-refractivity contribution in [1.29, 1.82) is 0 Å². The van der Waals surface area contributed by atoms with Crippen LogP contribution >= 0.6 is 0 Å². The molecule has 2 N–H and O–H groups in total. The average Bonchev–Trinajstić information content (AvgIpc) is 3.84. The fourth-order valence-corrected chi connectivity index (χ4v) is 6.65. The lowest BCUT2D eigenvalue weighted by molar-refractivity contribution is 0.0208. The number of hydrogen-bond donors (Lipinski definition) is 2. The third kappa shape index (κ3) is 6.46. The number of imidazole rings is 2. The van der Waals surface area contributed by atoms with Gasteiger partial charge in [0, 0.05) is 30.2 Å². The Balaban J connectivity index is 1.09. The molecule has 7 rings (SSSR count). The number of amides is 2. The quantitative estimate of drug-likeness (QED) is 0.200. The number of H-pyrrole nitrogens is 2. The molecular weight excluding hydrogens is 606 g/mol. The number of hydrogen-bond acceptors (Lipinski definition) is 7. The van der Waals surface area contributed by atoms with Crippen molar-refractivity contribution in [2.45, 2.75) is 90.5 Å². The highest BCUT2D eigenvalue weighted by Crippen LogP contribution is 2.35. The van der Waals surface area contributed by atoms with E-state index in [2.05, 4.69) is 51.4 Å². The number of benzene rings is 2. The van der Waals surface area contributed by atoms with Gasteiger partial charge in [0.2, 0.25) is 0 Å². The minimum absolute atomic E-state index is 0.136. The second-order valence-corrected chi connectivity index (χ2v) is 14.8. The maximum atomic E-state index is 12.9. The van der Waals surface area contributed by atoms with E-state index < -0.39 is 11.2 Å². The maximum Gasteiger partial charge on any atom is 0.410 e. The lowest BCUT2D eigenvalue weighted by atomic mass is 10.0. The molecule has 250 valence electrons. The van der Waals surface area contributed by atoms with Gasteiger partial charge in [0.25, 0.3) is 0 Å². The van der Waals surface area contributed by atoms with Crippen molar-refractivity contribution in [3.63, 3.8) is 0 Å². The molecule has 0 spiro atoms. The summed E-state index contributed by atoms with van der Waals surface area (Å²) in [7, 11) is 0. The second kappa shape index (κ2) is 11.9. The molecule has 2 saturated heterocycles. The van der Waals surface area contributed by atoms with E-state index in [4.69, 9.17) is 19.4 Å². The van der Waals surface area contributed by atoms with Crippen molar-refractivity contribution in [2.24, 2.45) is 0 Å². The molecule has 11 nitrogen and oxygen atoms in total. The number of nitrogens with zero attached hydrogens (tertiary/aromatic N) is 5. The smallest absolute Gasteiger partial charge is 0.410 e. The highest BCUT2D eigenvalue weighted by Gasteiger charge is 2.36. The maximum absolute atomic E-state index is 12.9. The summed E-state index contributed by atoms with van der Waals surface area (Å²) in [6.07, 6.45) is 6.54. The predicted molar refractivity (Wildman–Crippen MR) is 184 cm³/mol. The first-order valence-corrected chi connectivity index (χ1v) is 16.8. The Labute approximate surface area is 280 Å². The second-order valence-electron chi connectivity index (χ2n) is 14.8. The molecule has 2 amide bonds. The number of aromatic nitrogens is 5. The zero-order chi connectivity index (χ0) is 33.8. The zero-order valence-corrected chi connectivity index (χ0v) is 28.5. The lowest BCUT2D eigenvalue weighted by Crippen LogP contribution is -2.36. The summed E-state index contributed by atoms with van der Waals surface area (Å²) < 4.78 is 11.3. The van der Waals surface area contributed by atoms with Crippen LogP contribution in [0.2, 0.25) is 0 Å². The molecule has 5 aromatic rings. The summed E-state index contributed by atoms with van der Waals surface area (Å²) in [5, 5.41) is 1.01. The largest absolute Gasteiger partial charge is 0.444 e. The van der Waals surface area contributed by atoms with E-state index >= 15 is 0 Å². The molecule has 2 aliphatic heterocycles. The van der Waals surface area contributed by atoms with Gasteiger partial charge in [0.15, 0.2) is 0 Å². The summed E-state index contributed by atoms with van der Waals surface area (Å²) >= 11 is 0. The van der Waals surface area contributed by atoms with Crippen LogP contribution in [-0.2, 0) is 9.47 Å². The highest BCUT2D eigenvalue weighted by atomic mass is 16.6. The zero-order valence-electron chi connectivity index (χ0n) is 28.5. The molecule has 11 heteroatoms. The number of likely N-dealkylation sites (tertiary alicyclic amines) is 2. The molecule has 5 heterocycles. The number of aromatic amines is 2. The van der Waals surface area contributed by atoms with Crippen molar-refractivity contribution in [3.8, 4) is 22.4 Å². The number of fused-ring (bicyclic) bond motifs is 2. The van der Waals surface area contributed by atoms with Crippen molar-refractivity contribution < 1.29 is 19.1 Å². The van der Waals surface area contributed by atoms with Crippen LogP contribution in [0, 0.1) is 0 Å². The van der Waals surface area contributed by atoms with Gasteiger partial charge in [-0.3, -0.25) is 14.8 Å². The third-order valence-corrected chi connectivity index (χ3v) is 8.82. The van der Waals surface area contributed by atoms with E-state index in [1.165, 1.54) is 0 Å². The Kier molecular flexibility index (Phi) is 7.88. The first kappa shape index (κ1) is 31.7. The van der Waals surface area contributed by atoms with Crippen molar-refractivity contribution in [2.75, 3.05) is 13.1 Å². The van der Waals surface area contributed by atoms with Crippen molar-refractivity contribution in [1.82, 2.24) is 34.7 Å². The number of nitrogens with one attached hydrogen (secondary N) is 2. The lowest BCUT2D eigenvalue weighted by Gasteiger charge is -2.27. The molecule has 0 unspecified atom stereocenters. The molecule has 3 aromatic heterocycles. The van der Waals surface area contributed by atoms with Crippen LogP contribution in [0.25, 0.3) is 44.3 Å². The number of pyridine rings is 1. The Morgan fingerprint density at radius 2 is 1.33 bits per heavy atom. The van der Waals surface area contributed by atoms with Crippen LogP contribution in [0.1, 0.15) is 91.0 Å². The molecule has 0 aliphatic carbocycles. The van der Waals surface area contributed by atoms with Crippen LogP contribution in [-0.4, -0.2) is 71.2 Å². The van der Waals surface area contributed by atoms with Crippen LogP contribution in [0.15, 0.2) is 54.9 Å². The van der Waals surface area contributed by atoms with Crippen LogP contribution in [0.5, 0.6) is 0 Å². The van der Waals surface area contributed by atoms with E-state index in [9.17, 15) is 9.59 Å². The molecular formula is C37H43N7O4. The summed E-state index contributed by atoms with van der Waals surface area (Å²) in [6, 6.07) is 14.3. The molecule has 2 aliphatic rings. The first-order valence-electron chi connectivity index (χ1n) is 16.8. The Hall–Kier alpha value is -4.93. The predicted octanol–water partition coefficient (Wildman–Crippen LogP) is 8.31. The summed E-state index contributed by atoms with van der Waals surface area (Å²) in [5.74, 6) is 1.54. The fraction of sp³-hybridized carbons (Fsp3) is 0.432. The summed E-state index contributed by atoms with van der Waals surface area (Å²) in [6.45, 7) is 12.6. The summed E-state index contributed by atoms with van der Waals surface area (Å²) in [4.78, 5) is 50.5. The molecule has 2 atom stereocenters. The van der Waals surface area contributed by atoms with Gasteiger partial charge in [-0.1, -0.05) is 18.2 Å². The van der Waals surface area contributed by atoms with E-state index in [1.807, 2.05) is 60.0 Å². The molecule has 48 heavy (non-hydrogen) atoms. The first-order chi connectivity index (χ1) is 22.8.